The van der Waals surface area contributed by atoms with E-state index in [0.717, 1.165) is 11.1 Å². The molecule has 2 aromatic carbocycles. The zero-order valence-electron chi connectivity index (χ0n) is 9.70. The van der Waals surface area contributed by atoms with Crippen molar-refractivity contribution in [3.05, 3.63) is 68.7 Å². The van der Waals surface area contributed by atoms with Crippen LogP contribution in [0.2, 0.25) is 15.1 Å². The van der Waals surface area contributed by atoms with E-state index in [-0.39, 0.29) is 0 Å². The Balaban J connectivity index is 2.42. The highest BCUT2D eigenvalue weighted by molar-refractivity contribution is 6.42. The molecule has 2 rings (SSSR count). The van der Waals surface area contributed by atoms with Crippen LogP contribution in [-0.2, 0) is 0 Å². The Morgan fingerprint density at radius 2 is 1.63 bits per heavy atom. The van der Waals surface area contributed by atoms with Gasteiger partial charge in [-0.05, 0) is 41.5 Å². The lowest BCUT2D eigenvalue weighted by molar-refractivity contribution is 1.52. The second-order valence-electron chi connectivity index (χ2n) is 3.85. The molecule has 2 aromatic rings. The first-order valence-corrected chi connectivity index (χ1v) is 6.56. The van der Waals surface area contributed by atoms with Gasteiger partial charge in [-0.25, -0.2) is 0 Å². The van der Waals surface area contributed by atoms with E-state index < -0.39 is 0 Å². The summed E-state index contributed by atoms with van der Waals surface area (Å²) in [4.78, 5) is 0. The maximum absolute atomic E-state index is 9.24. The Kier molecular flexibility index (Phi) is 4.50. The second kappa shape index (κ2) is 6.12. The Bertz CT molecular complexity index is 667. The molecule has 0 amide bonds. The van der Waals surface area contributed by atoms with E-state index >= 15 is 0 Å². The van der Waals surface area contributed by atoms with E-state index in [1.54, 1.807) is 36.4 Å². The first-order valence-electron chi connectivity index (χ1n) is 5.43. The molecule has 0 aliphatic rings. The Labute approximate surface area is 126 Å². The van der Waals surface area contributed by atoms with Crippen LogP contribution in [0.15, 0.2) is 42.5 Å². The highest BCUT2D eigenvalue weighted by Gasteiger charge is 2.04. The van der Waals surface area contributed by atoms with Crippen molar-refractivity contribution in [1.29, 1.82) is 5.26 Å². The minimum absolute atomic E-state index is 0.427. The second-order valence-corrected chi connectivity index (χ2v) is 5.10. The largest absolute Gasteiger partial charge is 0.192 e. The predicted molar refractivity (Wildman–Crippen MR) is 81.4 cm³/mol. The monoisotopic (exact) mass is 307 g/mol. The average Bonchev–Trinajstić information content (AvgIpc) is 2.41. The van der Waals surface area contributed by atoms with Crippen LogP contribution >= 0.6 is 34.8 Å². The summed E-state index contributed by atoms with van der Waals surface area (Å²) in [5, 5.41) is 10.8. The van der Waals surface area contributed by atoms with Gasteiger partial charge >= 0.3 is 0 Å². The summed E-state index contributed by atoms with van der Waals surface area (Å²) in [6, 6.07) is 14.5. The van der Waals surface area contributed by atoms with Gasteiger partial charge in [-0.2, -0.15) is 5.26 Å². The van der Waals surface area contributed by atoms with Crippen molar-refractivity contribution in [3.63, 3.8) is 0 Å². The smallest absolute Gasteiger partial charge is 0.0998 e. The third-order valence-electron chi connectivity index (χ3n) is 2.53. The van der Waals surface area contributed by atoms with Crippen molar-refractivity contribution in [1.82, 2.24) is 0 Å². The number of hydrogen-bond acceptors (Lipinski definition) is 1. The van der Waals surface area contributed by atoms with Gasteiger partial charge in [0.2, 0.25) is 0 Å². The summed E-state index contributed by atoms with van der Waals surface area (Å²) in [5.41, 5.74) is 2.14. The van der Waals surface area contributed by atoms with Crippen LogP contribution < -0.4 is 0 Å². The van der Waals surface area contributed by atoms with Crippen molar-refractivity contribution in [2.75, 3.05) is 0 Å². The molecule has 0 saturated carbocycles. The molecule has 0 aliphatic carbocycles. The SMILES string of the molecule is N#C/C(=C\c1ccc(Cl)cc1)c1ccc(Cl)c(Cl)c1. The van der Waals surface area contributed by atoms with E-state index in [4.69, 9.17) is 34.8 Å². The molecule has 0 N–H and O–H groups in total. The van der Waals surface area contributed by atoms with Crippen LogP contribution in [0.25, 0.3) is 11.6 Å². The van der Waals surface area contributed by atoms with Crippen molar-refractivity contribution in [3.8, 4) is 6.07 Å². The molecule has 0 aliphatic heterocycles. The molecule has 0 radical (unpaired) electrons. The fourth-order valence-corrected chi connectivity index (χ4v) is 1.99. The Hall–Kier alpha value is -1.46. The molecule has 0 atom stereocenters. The van der Waals surface area contributed by atoms with Crippen molar-refractivity contribution >= 4 is 46.5 Å². The number of allylic oxidation sites excluding steroid dienone is 1. The molecule has 4 heteroatoms. The highest BCUT2D eigenvalue weighted by atomic mass is 35.5. The maximum atomic E-state index is 9.24. The zero-order chi connectivity index (χ0) is 13.8. The molecule has 0 aromatic heterocycles. The van der Waals surface area contributed by atoms with E-state index in [9.17, 15) is 5.26 Å². The molecule has 0 bridgehead atoms. The number of rotatable bonds is 2. The van der Waals surface area contributed by atoms with E-state index in [1.165, 1.54) is 0 Å². The van der Waals surface area contributed by atoms with E-state index in [1.807, 2.05) is 12.1 Å². The summed E-state index contributed by atoms with van der Waals surface area (Å²) in [5.74, 6) is 0. The molecule has 0 unspecified atom stereocenters. The van der Waals surface area contributed by atoms with Gasteiger partial charge in [-0.15, -0.1) is 0 Å². The number of nitrogens with zero attached hydrogens (tertiary/aromatic N) is 1. The first-order chi connectivity index (χ1) is 9.10. The van der Waals surface area contributed by atoms with Gasteiger partial charge in [0.25, 0.3) is 0 Å². The van der Waals surface area contributed by atoms with Crippen molar-refractivity contribution < 1.29 is 0 Å². The van der Waals surface area contributed by atoms with Gasteiger partial charge in [-0.1, -0.05) is 53.0 Å². The number of halogens is 3. The fourth-order valence-electron chi connectivity index (χ4n) is 1.57. The van der Waals surface area contributed by atoms with Gasteiger partial charge in [0.05, 0.1) is 21.7 Å². The van der Waals surface area contributed by atoms with Gasteiger partial charge < -0.3 is 0 Å². The van der Waals surface area contributed by atoms with E-state index in [2.05, 4.69) is 6.07 Å². The normalized spacial score (nSPS) is 11.2. The van der Waals surface area contributed by atoms with Crippen molar-refractivity contribution in [2.45, 2.75) is 0 Å². The Morgan fingerprint density at radius 1 is 0.947 bits per heavy atom. The lowest BCUT2D eigenvalue weighted by atomic mass is 10.0. The van der Waals surface area contributed by atoms with Gasteiger partial charge in [0.15, 0.2) is 0 Å². The maximum Gasteiger partial charge on any atom is 0.0998 e. The first kappa shape index (κ1) is 14.0. The summed E-state index contributed by atoms with van der Waals surface area (Å²) in [6.45, 7) is 0. The summed E-state index contributed by atoms with van der Waals surface area (Å²) < 4.78 is 0. The van der Waals surface area contributed by atoms with Crippen molar-refractivity contribution in [2.24, 2.45) is 0 Å². The Morgan fingerprint density at radius 3 is 2.21 bits per heavy atom. The van der Waals surface area contributed by atoms with Gasteiger partial charge in [-0.3, -0.25) is 0 Å². The number of hydrogen-bond donors (Lipinski definition) is 0. The zero-order valence-corrected chi connectivity index (χ0v) is 12.0. The lowest BCUT2D eigenvalue weighted by Crippen LogP contribution is -1.83. The molecular formula is C15H8Cl3N. The van der Waals surface area contributed by atoms with Crippen LogP contribution in [0.3, 0.4) is 0 Å². The highest BCUT2D eigenvalue weighted by Crippen LogP contribution is 2.27. The summed E-state index contributed by atoms with van der Waals surface area (Å²) >= 11 is 17.6. The van der Waals surface area contributed by atoms with Crippen LogP contribution in [0.5, 0.6) is 0 Å². The van der Waals surface area contributed by atoms with Crippen LogP contribution in [-0.4, -0.2) is 0 Å². The quantitative estimate of drug-likeness (QED) is 0.515. The standard InChI is InChI=1S/C15H8Cl3N/c16-13-4-1-10(2-5-13)7-12(9-19)11-3-6-14(17)15(18)8-11/h1-8H/b12-7+. The van der Waals surface area contributed by atoms with Crippen LogP contribution in [0.1, 0.15) is 11.1 Å². The molecule has 94 valence electrons. The van der Waals surface area contributed by atoms with Crippen LogP contribution in [0.4, 0.5) is 0 Å². The molecule has 19 heavy (non-hydrogen) atoms. The predicted octanol–water partition coefficient (Wildman–Crippen LogP) is 5.71. The molecular weight excluding hydrogens is 301 g/mol. The average molecular weight is 309 g/mol. The van der Waals surface area contributed by atoms with Gasteiger partial charge in [0, 0.05) is 5.02 Å². The third-order valence-corrected chi connectivity index (χ3v) is 3.52. The molecule has 0 fully saturated rings. The fraction of sp³-hybridized carbons (Fsp3) is 0. The minimum Gasteiger partial charge on any atom is -0.192 e. The minimum atomic E-state index is 0.427. The number of benzene rings is 2. The molecule has 0 heterocycles. The third kappa shape index (κ3) is 3.52. The van der Waals surface area contributed by atoms with E-state index in [0.29, 0.717) is 20.6 Å². The summed E-state index contributed by atoms with van der Waals surface area (Å²) in [6.07, 6.45) is 1.77. The lowest BCUT2D eigenvalue weighted by Gasteiger charge is -2.02. The van der Waals surface area contributed by atoms with Crippen LogP contribution in [0, 0.1) is 11.3 Å². The summed E-state index contributed by atoms with van der Waals surface area (Å²) in [7, 11) is 0. The topological polar surface area (TPSA) is 23.8 Å². The molecule has 0 saturated heterocycles. The number of nitriles is 1. The molecule has 0 spiro atoms. The van der Waals surface area contributed by atoms with Gasteiger partial charge in [0.1, 0.15) is 0 Å². The molecule has 1 nitrogen and oxygen atoms in total.